The lowest BCUT2D eigenvalue weighted by atomic mass is 9.62. The van der Waals surface area contributed by atoms with Crippen molar-refractivity contribution in [3.63, 3.8) is 0 Å². The molecule has 0 unspecified atom stereocenters. The number of anilines is 1. The van der Waals surface area contributed by atoms with Gasteiger partial charge in [-0.15, -0.1) is 0 Å². The Morgan fingerprint density at radius 1 is 1.27 bits per heavy atom. The molecule has 0 saturated heterocycles. The van der Waals surface area contributed by atoms with E-state index in [0.29, 0.717) is 5.69 Å². The Morgan fingerprint density at radius 2 is 1.82 bits per heavy atom. The van der Waals surface area contributed by atoms with Gasteiger partial charge in [0.25, 0.3) is 0 Å². The average Bonchev–Trinajstić information content (AvgIpc) is 2.34. The van der Waals surface area contributed by atoms with Crippen LogP contribution in [0.25, 0.3) is 0 Å². The number of alkyl halides is 2. The zero-order valence-corrected chi connectivity index (χ0v) is 13.1. The lowest BCUT2D eigenvalue weighted by Crippen LogP contribution is -2.53. The third-order valence-corrected chi connectivity index (χ3v) is 3.73. The van der Waals surface area contributed by atoms with Gasteiger partial charge in [-0.25, -0.2) is 13.6 Å². The molecule has 1 aromatic carbocycles. The number of benzene rings is 1. The summed E-state index contributed by atoms with van der Waals surface area (Å²) in [6.07, 6.45) is -1.01. The van der Waals surface area contributed by atoms with Crippen molar-refractivity contribution in [1.82, 2.24) is 0 Å². The van der Waals surface area contributed by atoms with Crippen molar-refractivity contribution in [3.05, 3.63) is 29.8 Å². The minimum Gasteiger partial charge on any atom is -0.444 e. The first-order valence-corrected chi connectivity index (χ1v) is 7.24. The topological polar surface area (TPSA) is 64.3 Å². The highest BCUT2D eigenvalue weighted by atomic mass is 19.3. The maximum atomic E-state index is 13.2. The molecular weight excluding hydrogens is 290 g/mol. The Bertz CT molecular complexity index is 542. The van der Waals surface area contributed by atoms with E-state index in [2.05, 4.69) is 5.32 Å². The number of carbonyl (C=O) groups is 1. The number of nitrogens with one attached hydrogen (secondary N) is 1. The third kappa shape index (κ3) is 3.74. The van der Waals surface area contributed by atoms with E-state index in [1.807, 2.05) is 0 Å². The molecule has 0 bridgehead atoms. The summed E-state index contributed by atoms with van der Waals surface area (Å²) in [6.45, 7) is 5.51. The Kier molecular flexibility index (Phi) is 4.17. The first-order valence-electron chi connectivity index (χ1n) is 7.24. The summed E-state index contributed by atoms with van der Waals surface area (Å²) in [4.78, 5) is 11.7. The van der Waals surface area contributed by atoms with Crippen LogP contribution in [-0.4, -0.2) is 24.2 Å². The Morgan fingerprint density at radius 3 is 2.23 bits per heavy atom. The number of carbonyl (C=O) groups excluding carboxylic acids is 1. The summed E-state index contributed by atoms with van der Waals surface area (Å²) in [6, 6.07) is 6.81. The molecule has 2 rings (SSSR count). The highest BCUT2D eigenvalue weighted by Gasteiger charge is 2.56. The second kappa shape index (κ2) is 5.50. The fourth-order valence-corrected chi connectivity index (χ4v) is 2.73. The predicted molar refractivity (Wildman–Crippen MR) is 81.2 cm³/mol. The van der Waals surface area contributed by atoms with Crippen LogP contribution in [0.15, 0.2) is 24.3 Å². The van der Waals surface area contributed by atoms with Crippen LogP contribution in [0.4, 0.5) is 19.3 Å². The predicted octanol–water partition coefficient (Wildman–Crippen LogP) is 3.66. The Hall–Kier alpha value is -1.69. The molecule has 0 aromatic heterocycles. The van der Waals surface area contributed by atoms with Crippen LogP contribution in [0, 0.1) is 0 Å². The van der Waals surface area contributed by atoms with Crippen LogP contribution in [0.5, 0.6) is 0 Å². The van der Waals surface area contributed by atoms with Crippen molar-refractivity contribution < 1.29 is 18.3 Å². The van der Waals surface area contributed by atoms with Gasteiger partial charge < -0.3 is 10.5 Å². The fourth-order valence-electron chi connectivity index (χ4n) is 2.73. The normalized spacial score (nSPS) is 19.2. The molecule has 22 heavy (non-hydrogen) atoms. The van der Waals surface area contributed by atoms with E-state index in [9.17, 15) is 13.6 Å². The molecule has 1 aromatic rings. The van der Waals surface area contributed by atoms with Gasteiger partial charge in [-0.1, -0.05) is 12.1 Å². The summed E-state index contributed by atoms with van der Waals surface area (Å²) in [5.74, 6) is -2.63. The minimum absolute atomic E-state index is 0.182. The van der Waals surface area contributed by atoms with E-state index in [0.717, 1.165) is 5.56 Å². The van der Waals surface area contributed by atoms with E-state index in [1.54, 1.807) is 45.0 Å². The molecule has 0 radical (unpaired) electrons. The van der Waals surface area contributed by atoms with E-state index in [1.165, 1.54) is 0 Å². The van der Waals surface area contributed by atoms with Crippen molar-refractivity contribution >= 4 is 11.8 Å². The molecule has 122 valence electrons. The summed E-state index contributed by atoms with van der Waals surface area (Å²) < 4.78 is 31.5. The minimum atomic E-state index is -2.63. The number of halogens is 2. The maximum absolute atomic E-state index is 13.2. The quantitative estimate of drug-likeness (QED) is 0.895. The van der Waals surface area contributed by atoms with Crippen LogP contribution in [0.3, 0.4) is 0 Å². The number of ether oxygens (including phenoxy) is 1. The lowest BCUT2D eigenvalue weighted by molar-refractivity contribution is -0.123. The molecule has 0 spiro atoms. The van der Waals surface area contributed by atoms with Crippen LogP contribution in [0.2, 0.25) is 0 Å². The van der Waals surface area contributed by atoms with Crippen LogP contribution in [0.1, 0.15) is 39.2 Å². The summed E-state index contributed by atoms with van der Waals surface area (Å²) in [5, 5.41) is 2.61. The zero-order valence-electron chi connectivity index (χ0n) is 13.1. The zero-order chi connectivity index (χ0) is 16.6. The van der Waals surface area contributed by atoms with Crippen molar-refractivity contribution in [2.45, 2.75) is 50.6 Å². The van der Waals surface area contributed by atoms with E-state index < -0.39 is 23.0 Å². The highest BCUT2D eigenvalue weighted by molar-refractivity contribution is 5.84. The number of amides is 1. The van der Waals surface area contributed by atoms with Crippen molar-refractivity contribution in [1.29, 1.82) is 0 Å². The second-order valence-electron chi connectivity index (χ2n) is 6.90. The summed E-state index contributed by atoms with van der Waals surface area (Å²) in [7, 11) is 0. The largest absolute Gasteiger partial charge is 0.444 e. The lowest BCUT2D eigenvalue weighted by Gasteiger charge is -2.47. The summed E-state index contributed by atoms with van der Waals surface area (Å²) in [5.41, 5.74) is 5.78. The third-order valence-electron chi connectivity index (χ3n) is 3.73. The van der Waals surface area contributed by atoms with Crippen molar-refractivity contribution in [2.24, 2.45) is 5.73 Å². The van der Waals surface area contributed by atoms with Crippen molar-refractivity contribution in [3.8, 4) is 0 Å². The van der Waals surface area contributed by atoms with Crippen LogP contribution >= 0.6 is 0 Å². The highest BCUT2D eigenvalue weighted by Crippen LogP contribution is 2.52. The van der Waals surface area contributed by atoms with E-state index in [-0.39, 0.29) is 19.4 Å². The molecule has 0 atom stereocenters. The molecule has 3 N–H and O–H groups in total. The number of hydrogen-bond acceptors (Lipinski definition) is 3. The van der Waals surface area contributed by atoms with Gasteiger partial charge in [-0.2, -0.15) is 0 Å². The number of hydrogen-bond donors (Lipinski definition) is 2. The first-order chi connectivity index (χ1) is 10.1. The van der Waals surface area contributed by atoms with Gasteiger partial charge in [-0.05, 0) is 38.5 Å². The van der Waals surface area contributed by atoms with Gasteiger partial charge >= 0.3 is 6.09 Å². The summed E-state index contributed by atoms with van der Waals surface area (Å²) >= 11 is 0. The monoisotopic (exact) mass is 312 g/mol. The van der Waals surface area contributed by atoms with Gasteiger partial charge in [0, 0.05) is 30.5 Å². The molecule has 0 heterocycles. The molecule has 1 saturated carbocycles. The van der Waals surface area contributed by atoms with Gasteiger partial charge in [0.05, 0.1) is 0 Å². The SMILES string of the molecule is CC(C)(C)OC(=O)Nc1ccc(C2(CN)CC(F)(F)C2)cc1. The van der Waals surface area contributed by atoms with E-state index in [4.69, 9.17) is 10.5 Å². The standard InChI is InChI=1S/C16H22F2N2O2/c1-14(2,3)22-13(21)20-12-6-4-11(5-7-12)15(10-19)8-16(17,18)9-15/h4-7H,8-10,19H2,1-3H3,(H,20,21). The molecular formula is C16H22F2N2O2. The van der Waals surface area contributed by atoms with Gasteiger partial charge in [0.2, 0.25) is 5.92 Å². The van der Waals surface area contributed by atoms with E-state index >= 15 is 0 Å². The van der Waals surface area contributed by atoms with Crippen LogP contribution in [-0.2, 0) is 10.2 Å². The number of rotatable bonds is 3. The second-order valence-corrected chi connectivity index (χ2v) is 6.90. The van der Waals surface area contributed by atoms with Crippen molar-refractivity contribution in [2.75, 3.05) is 11.9 Å². The molecule has 4 nitrogen and oxygen atoms in total. The maximum Gasteiger partial charge on any atom is 0.412 e. The number of nitrogens with two attached hydrogens (primary N) is 1. The molecule has 1 fully saturated rings. The van der Waals surface area contributed by atoms with Crippen LogP contribution < -0.4 is 11.1 Å². The Labute approximate surface area is 129 Å². The molecule has 1 amide bonds. The smallest absolute Gasteiger partial charge is 0.412 e. The van der Waals surface area contributed by atoms with Gasteiger partial charge in [0.1, 0.15) is 5.60 Å². The Balaban J connectivity index is 2.03. The first kappa shape index (κ1) is 16.7. The molecule has 6 heteroatoms. The molecule has 0 aliphatic heterocycles. The van der Waals surface area contributed by atoms with Gasteiger partial charge in [0.15, 0.2) is 0 Å². The molecule has 1 aliphatic carbocycles. The average molecular weight is 312 g/mol. The molecule has 1 aliphatic rings. The van der Waals surface area contributed by atoms with Gasteiger partial charge in [-0.3, -0.25) is 5.32 Å². The fraction of sp³-hybridized carbons (Fsp3) is 0.562.